The molecular formula is C18H25ClN2O5S. The van der Waals surface area contributed by atoms with Crippen molar-refractivity contribution in [1.82, 2.24) is 4.31 Å². The van der Waals surface area contributed by atoms with Gasteiger partial charge in [0.2, 0.25) is 10.0 Å². The Balaban J connectivity index is 2.06. The number of hydrogen-bond donors (Lipinski definition) is 1. The summed E-state index contributed by atoms with van der Waals surface area (Å²) in [6, 6.07) is 4.17. The van der Waals surface area contributed by atoms with Crippen molar-refractivity contribution >= 4 is 39.2 Å². The Morgan fingerprint density at radius 2 is 1.85 bits per heavy atom. The molecule has 0 unspecified atom stereocenters. The maximum atomic E-state index is 12.6. The van der Waals surface area contributed by atoms with E-state index in [2.05, 4.69) is 5.32 Å². The summed E-state index contributed by atoms with van der Waals surface area (Å²) in [7, 11) is -3.62. The van der Waals surface area contributed by atoms with Gasteiger partial charge >= 0.3 is 5.97 Å². The van der Waals surface area contributed by atoms with E-state index < -0.39 is 28.5 Å². The number of nitrogens with one attached hydrogen (secondary N) is 1. The number of nitrogens with zero attached hydrogens (tertiary/aromatic N) is 1. The summed E-state index contributed by atoms with van der Waals surface area (Å²) in [4.78, 5) is 24.0. The summed E-state index contributed by atoms with van der Waals surface area (Å²) in [6.07, 6.45) is 2.94. The van der Waals surface area contributed by atoms with E-state index in [0.717, 1.165) is 12.8 Å². The first-order chi connectivity index (χ1) is 12.8. The van der Waals surface area contributed by atoms with Crippen molar-refractivity contribution in [3.63, 3.8) is 0 Å². The summed E-state index contributed by atoms with van der Waals surface area (Å²) in [5.74, 6) is -1.24. The molecule has 1 aromatic rings. The number of rotatable bonds is 8. The predicted molar refractivity (Wildman–Crippen MR) is 103 cm³/mol. The van der Waals surface area contributed by atoms with Gasteiger partial charge in [0, 0.05) is 13.1 Å². The molecule has 0 saturated carbocycles. The fraction of sp³-hybridized carbons (Fsp3) is 0.556. The van der Waals surface area contributed by atoms with Crippen molar-refractivity contribution < 1.29 is 22.7 Å². The fourth-order valence-corrected chi connectivity index (χ4v) is 4.61. The number of amides is 1. The molecule has 0 spiro atoms. The van der Waals surface area contributed by atoms with Crippen LogP contribution in [0.5, 0.6) is 0 Å². The highest BCUT2D eigenvalue weighted by molar-refractivity contribution is 7.89. The molecule has 1 aliphatic heterocycles. The third-order valence-electron chi connectivity index (χ3n) is 4.58. The second-order valence-corrected chi connectivity index (χ2v) is 8.77. The van der Waals surface area contributed by atoms with Gasteiger partial charge in [0.25, 0.3) is 5.91 Å². The van der Waals surface area contributed by atoms with Crippen molar-refractivity contribution in [1.29, 1.82) is 0 Å². The van der Waals surface area contributed by atoms with Gasteiger partial charge in [0.15, 0.2) is 6.61 Å². The van der Waals surface area contributed by atoms with Crippen LogP contribution in [0.15, 0.2) is 23.1 Å². The molecule has 150 valence electrons. The number of benzene rings is 1. The third-order valence-corrected chi connectivity index (χ3v) is 6.80. The second kappa shape index (κ2) is 9.52. The van der Waals surface area contributed by atoms with Crippen molar-refractivity contribution in [3.8, 4) is 0 Å². The van der Waals surface area contributed by atoms with Gasteiger partial charge in [-0.1, -0.05) is 25.4 Å². The minimum Gasteiger partial charge on any atom is -0.455 e. The van der Waals surface area contributed by atoms with Gasteiger partial charge in [-0.15, -0.1) is 0 Å². The molecule has 0 bridgehead atoms. The van der Waals surface area contributed by atoms with E-state index in [4.69, 9.17) is 16.3 Å². The van der Waals surface area contributed by atoms with Gasteiger partial charge in [-0.25, -0.2) is 8.42 Å². The van der Waals surface area contributed by atoms with Crippen molar-refractivity contribution in [2.75, 3.05) is 25.0 Å². The molecule has 0 aliphatic carbocycles. The number of esters is 1. The van der Waals surface area contributed by atoms with E-state index in [1.807, 2.05) is 13.8 Å². The minimum absolute atomic E-state index is 0.0677. The lowest BCUT2D eigenvalue weighted by molar-refractivity contribution is -0.151. The summed E-state index contributed by atoms with van der Waals surface area (Å²) in [6.45, 7) is 4.27. The van der Waals surface area contributed by atoms with Crippen LogP contribution < -0.4 is 5.32 Å². The van der Waals surface area contributed by atoms with E-state index >= 15 is 0 Å². The molecule has 7 nitrogen and oxygen atoms in total. The van der Waals surface area contributed by atoms with E-state index in [1.54, 1.807) is 0 Å². The van der Waals surface area contributed by atoms with E-state index in [-0.39, 0.29) is 21.5 Å². The van der Waals surface area contributed by atoms with Gasteiger partial charge in [0.05, 0.1) is 21.5 Å². The number of carbonyl (C=O) groups excluding carboxylic acids is 2. The summed E-state index contributed by atoms with van der Waals surface area (Å²) in [5.41, 5.74) is 0.167. The van der Waals surface area contributed by atoms with E-state index in [9.17, 15) is 18.0 Å². The average molecular weight is 417 g/mol. The highest BCUT2D eigenvalue weighted by Crippen LogP contribution is 2.28. The van der Waals surface area contributed by atoms with Crippen LogP contribution in [0.4, 0.5) is 5.69 Å². The third kappa shape index (κ3) is 5.43. The van der Waals surface area contributed by atoms with E-state index in [1.165, 1.54) is 22.5 Å². The van der Waals surface area contributed by atoms with Crippen LogP contribution in [-0.4, -0.2) is 44.3 Å². The molecule has 1 amide bonds. The molecule has 0 radical (unpaired) electrons. The van der Waals surface area contributed by atoms with Crippen molar-refractivity contribution in [2.24, 2.45) is 5.92 Å². The van der Waals surface area contributed by atoms with Crippen LogP contribution >= 0.6 is 11.6 Å². The molecule has 27 heavy (non-hydrogen) atoms. The first-order valence-corrected chi connectivity index (χ1v) is 10.9. The summed E-state index contributed by atoms with van der Waals surface area (Å²) < 4.78 is 31.7. The van der Waals surface area contributed by atoms with Crippen LogP contribution in [-0.2, 0) is 24.3 Å². The number of halogens is 1. The second-order valence-electron chi connectivity index (χ2n) is 6.42. The molecule has 0 aromatic heterocycles. The van der Waals surface area contributed by atoms with Crippen LogP contribution in [0.2, 0.25) is 5.02 Å². The van der Waals surface area contributed by atoms with Gasteiger partial charge in [-0.3, -0.25) is 9.59 Å². The van der Waals surface area contributed by atoms with Crippen LogP contribution in [0.3, 0.4) is 0 Å². The largest absolute Gasteiger partial charge is 0.455 e. The summed E-state index contributed by atoms with van der Waals surface area (Å²) in [5, 5.41) is 2.72. The molecule has 1 N–H and O–H groups in total. The van der Waals surface area contributed by atoms with E-state index in [0.29, 0.717) is 25.9 Å². The molecule has 0 atom stereocenters. The lowest BCUT2D eigenvalue weighted by atomic mass is 10.0. The van der Waals surface area contributed by atoms with Gasteiger partial charge in [-0.2, -0.15) is 4.31 Å². The Morgan fingerprint density at radius 3 is 2.44 bits per heavy atom. The highest BCUT2D eigenvalue weighted by Gasteiger charge is 2.28. The first kappa shape index (κ1) is 21.7. The van der Waals surface area contributed by atoms with Gasteiger partial charge in [-0.05, 0) is 43.9 Å². The standard InChI is InChI=1S/C18H25ClN2O5S/c1-3-13(4-2)18(23)26-12-17(22)20-16-11-14(7-8-15(16)19)27(24,25)21-9-5-6-10-21/h7-8,11,13H,3-6,9-10,12H2,1-2H3,(H,20,22). The molecular weight excluding hydrogens is 392 g/mol. The molecule has 1 fully saturated rings. The molecule has 2 rings (SSSR count). The number of hydrogen-bond acceptors (Lipinski definition) is 5. The Kier molecular flexibility index (Phi) is 7.64. The Hall–Kier alpha value is -1.64. The molecule has 1 aliphatic rings. The normalized spacial score (nSPS) is 15.1. The highest BCUT2D eigenvalue weighted by atomic mass is 35.5. The Bertz CT molecular complexity index is 787. The van der Waals surface area contributed by atoms with Crippen LogP contribution in [0.25, 0.3) is 0 Å². The zero-order valence-corrected chi connectivity index (χ0v) is 17.1. The van der Waals surface area contributed by atoms with Crippen molar-refractivity contribution in [3.05, 3.63) is 23.2 Å². The SMILES string of the molecule is CCC(CC)C(=O)OCC(=O)Nc1cc(S(=O)(=O)N2CCCC2)ccc1Cl. The molecule has 1 heterocycles. The van der Waals surface area contributed by atoms with Crippen LogP contribution in [0, 0.1) is 5.92 Å². The molecule has 9 heteroatoms. The monoisotopic (exact) mass is 416 g/mol. The number of carbonyl (C=O) groups is 2. The van der Waals surface area contributed by atoms with Crippen LogP contribution in [0.1, 0.15) is 39.5 Å². The zero-order valence-electron chi connectivity index (χ0n) is 15.5. The summed E-state index contributed by atoms with van der Waals surface area (Å²) >= 11 is 6.08. The average Bonchev–Trinajstić information content (AvgIpc) is 3.18. The maximum absolute atomic E-state index is 12.6. The Morgan fingerprint density at radius 1 is 1.22 bits per heavy atom. The smallest absolute Gasteiger partial charge is 0.309 e. The lowest BCUT2D eigenvalue weighted by Crippen LogP contribution is -2.28. The van der Waals surface area contributed by atoms with Crippen molar-refractivity contribution in [2.45, 2.75) is 44.4 Å². The Labute approximate surface area is 165 Å². The maximum Gasteiger partial charge on any atom is 0.309 e. The molecule has 1 aromatic carbocycles. The number of anilines is 1. The lowest BCUT2D eigenvalue weighted by Gasteiger charge is -2.17. The van der Waals surface area contributed by atoms with Gasteiger partial charge < -0.3 is 10.1 Å². The topological polar surface area (TPSA) is 92.8 Å². The number of ether oxygens (including phenoxy) is 1. The van der Waals surface area contributed by atoms with Gasteiger partial charge in [0.1, 0.15) is 0 Å². The molecule has 1 saturated heterocycles. The first-order valence-electron chi connectivity index (χ1n) is 9.05. The zero-order chi connectivity index (χ0) is 20.0. The predicted octanol–water partition coefficient (Wildman–Crippen LogP) is 3.04. The minimum atomic E-state index is -3.62. The number of sulfonamides is 1. The quantitative estimate of drug-likeness (QED) is 0.657. The fourth-order valence-electron chi connectivity index (χ4n) is 2.90.